The normalized spacial score (nSPS) is 32.3. The monoisotopic (exact) mass is 274 g/mol. The number of benzene rings is 1. The fourth-order valence-electron chi connectivity index (χ4n) is 4.13. The van der Waals surface area contributed by atoms with Gasteiger partial charge in [-0.3, -0.25) is 10.1 Å². The number of nitro benzene ring substituents is 1. The van der Waals surface area contributed by atoms with Crippen molar-refractivity contribution in [2.45, 2.75) is 51.2 Å². The number of nitrogens with zero attached hydrogens (tertiary/aromatic N) is 2. The van der Waals surface area contributed by atoms with Crippen molar-refractivity contribution >= 4 is 5.69 Å². The maximum atomic E-state index is 11.3. The van der Waals surface area contributed by atoms with Gasteiger partial charge in [-0.15, -0.1) is 0 Å². The number of hydrogen-bond donors (Lipinski definition) is 0. The molecule has 4 heteroatoms. The van der Waals surface area contributed by atoms with Gasteiger partial charge in [0.15, 0.2) is 0 Å². The SMILES string of the molecule is Cc1cccc([N+](=O)[O-])c1C[N+]1(C)C2C[CH]CC1CC2. The van der Waals surface area contributed by atoms with E-state index in [2.05, 4.69) is 13.5 Å². The van der Waals surface area contributed by atoms with Gasteiger partial charge in [0.25, 0.3) is 5.69 Å². The fraction of sp³-hybridized carbons (Fsp3) is 0.562. The smallest absolute Gasteiger partial charge is 0.278 e. The van der Waals surface area contributed by atoms with Crippen LogP contribution in [0.15, 0.2) is 18.2 Å². The van der Waals surface area contributed by atoms with Gasteiger partial charge in [0, 0.05) is 31.7 Å². The van der Waals surface area contributed by atoms with Gasteiger partial charge >= 0.3 is 0 Å². The topological polar surface area (TPSA) is 43.1 Å². The van der Waals surface area contributed by atoms with Crippen LogP contribution in [0.4, 0.5) is 5.69 Å². The standard InChI is InChI=1S/C16H22N2O2/c1-12-5-3-8-16(17(19)20)15(12)11-18(2)13-6-4-7-14(18)10-9-13/h3-5,8,13-14H,6-7,9-11H2,1-2H3/q+1. The Morgan fingerprint density at radius 3 is 2.55 bits per heavy atom. The van der Waals surface area contributed by atoms with Crippen molar-refractivity contribution in [2.75, 3.05) is 7.05 Å². The van der Waals surface area contributed by atoms with Gasteiger partial charge < -0.3 is 4.48 Å². The lowest BCUT2D eigenvalue weighted by molar-refractivity contribution is -0.959. The molecule has 107 valence electrons. The van der Waals surface area contributed by atoms with Crippen molar-refractivity contribution in [2.24, 2.45) is 0 Å². The number of nitro groups is 1. The van der Waals surface area contributed by atoms with Crippen molar-refractivity contribution in [3.63, 3.8) is 0 Å². The quantitative estimate of drug-likeness (QED) is 0.482. The van der Waals surface area contributed by atoms with Crippen LogP contribution in [-0.2, 0) is 6.54 Å². The molecular formula is C16H22N2O2+. The number of piperidine rings is 1. The molecule has 2 bridgehead atoms. The van der Waals surface area contributed by atoms with Crippen LogP contribution in [0.2, 0.25) is 0 Å². The summed E-state index contributed by atoms with van der Waals surface area (Å²) in [6.45, 7) is 2.79. The summed E-state index contributed by atoms with van der Waals surface area (Å²) in [5.74, 6) is 0. The van der Waals surface area contributed by atoms with Gasteiger partial charge in [-0.2, -0.15) is 0 Å². The zero-order valence-electron chi connectivity index (χ0n) is 12.2. The third kappa shape index (κ3) is 2.03. The minimum Gasteiger partial charge on any atom is -0.317 e. The summed E-state index contributed by atoms with van der Waals surface area (Å²) < 4.78 is 0.988. The highest BCUT2D eigenvalue weighted by molar-refractivity contribution is 5.44. The molecule has 0 spiro atoms. The summed E-state index contributed by atoms with van der Waals surface area (Å²) in [5, 5.41) is 11.3. The van der Waals surface area contributed by atoms with E-state index < -0.39 is 0 Å². The Morgan fingerprint density at radius 2 is 1.95 bits per heavy atom. The highest BCUT2D eigenvalue weighted by Crippen LogP contribution is 2.43. The molecule has 2 aliphatic rings. The molecule has 1 aromatic carbocycles. The molecule has 3 rings (SSSR count). The number of hydrogen-bond acceptors (Lipinski definition) is 2. The molecule has 2 heterocycles. The van der Waals surface area contributed by atoms with E-state index in [-0.39, 0.29) is 4.92 Å². The maximum Gasteiger partial charge on any atom is 0.278 e. The first-order valence-electron chi connectivity index (χ1n) is 7.42. The van der Waals surface area contributed by atoms with Crippen molar-refractivity contribution in [3.8, 4) is 0 Å². The van der Waals surface area contributed by atoms with Gasteiger partial charge in [-0.1, -0.05) is 12.1 Å². The predicted molar refractivity (Wildman–Crippen MR) is 78.1 cm³/mol. The number of aryl methyl sites for hydroxylation is 1. The number of fused-ring (bicyclic) bond motifs is 2. The van der Waals surface area contributed by atoms with Crippen LogP contribution in [0.1, 0.15) is 36.8 Å². The van der Waals surface area contributed by atoms with E-state index in [0.29, 0.717) is 17.8 Å². The Kier molecular flexibility index (Phi) is 3.28. The lowest BCUT2D eigenvalue weighted by Gasteiger charge is -2.44. The van der Waals surface area contributed by atoms with Gasteiger partial charge in [-0.05, 0) is 18.9 Å². The van der Waals surface area contributed by atoms with E-state index in [1.807, 2.05) is 13.0 Å². The molecule has 0 amide bonds. The maximum absolute atomic E-state index is 11.3. The molecule has 20 heavy (non-hydrogen) atoms. The van der Waals surface area contributed by atoms with Crippen LogP contribution >= 0.6 is 0 Å². The highest BCUT2D eigenvalue weighted by atomic mass is 16.6. The average molecular weight is 274 g/mol. The molecule has 1 aromatic rings. The van der Waals surface area contributed by atoms with Crippen LogP contribution in [-0.4, -0.2) is 28.5 Å². The first kappa shape index (κ1) is 13.6. The molecule has 0 N–H and O–H groups in total. The zero-order valence-corrected chi connectivity index (χ0v) is 12.2. The Morgan fingerprint density at radius 1 is 1.30 bits per heavy atom. The summed E-state index contributed by atoms with van der Waals surface area (Å²) in [6, 6.07) is 6.72. The van der Waals surface area contributed by atoms with Gasteiger partial charge in [0.05, 0.1) is 29.6 Å². The average Bonchev–Trinajstić information content (AvgIpc) is 2.61. The second-order valence-corrected chi connectivity index (χ2v) is 6.48. The van der Waals surface area contributed by atoms with Gasteiger partial charge in [0.1, 0.15) is 6.54 Å². The molecule has 0 aromatic heterocycles. The fourth-order valence-corrected chi connectivity index (χ4v) is 4.13. The third-order valence-corrected chi connectivity index (χ3v) is 5.46. The van der Waals surface area contributed by atoms with Crippen LogP contribution in [0.3, 0.4) is 0 Å². The minimum absolute atomic E-state index is 0.230. The highest BCUT2D eigenvalue weighted by Gasteiger charge is 2.49. The molecule has 1 radical (unpaired) electrons. The summed E-state index contributed by atoms with van der Waals surface area (Å²) in [7, 11) is 2.30. The Hall–Kier alpha value is -1.42. The Bertz CT molecular complexity index is 525. The summed E-state index contributed by atoms with van der Waals surface area (Å²) in [6.07, 6.45) is 7.25. The van der Waals surface area contributed by atoms with E-state index in [4.69, 9.17) is 0 Å². The molecule has 2 saturated heterocycles. The van der Waals surface area contributed by atoms with E-state index >= 15 is 0 Å². The van der Waals surface area contributed by atoms with E-state index in [0.717, 1.165) is 35.0 Å². The van der Waals surface area contributed by atoms with Crippen molar-refractivity contribution in [3.05, 3.63) is 45.9 Å². The van der Waals surface area contributed by atoms with Crippen LogP contribution < -0.4 is 0 Å². The first-order chi connectivity index (χ1) is 9.52. The molecule has 0 aliphatic carbocycles. The number of rotatable bonds is 3. The zero-order chi connectivity index (χ0) is 14.3. The van der Waals surface area contributed by atoms with Crippen LogP contribution in [0.5, 0.6) is 0 Å². The predicted octanol–water partition coefficient (Wildman–Crippen LogP) is 3.38. The van der Waals surface area contributed by atoms with Crippen LogP contribution in [0.25, 0.3) is 0 Å². The molecular weight excluding hydrogens is 252 g/mol. The largest absolute Gasteiger partial charge is 0.317 e. The summed E-state index contributed by atoms with van der Waals surface area (Å²) >= 11 is 0. The summed E-state index contributed by atoms with van der Waals surface area (Å²) in [4.78, 5) is 11.1. The van der Waals surface area contributed by atoms with Gasteiger partial charge in [-0.25, -0.2) is 0 Å². The van der Waals surface area contributed by atoms with Crippen molar-refractivity contribution in [1.82, 2.24) is 0 Å². The van der Waals surface area contributed by atoms with Crippen LogP contribution in [0, 0.1) is 23.5 Å². The third-order valence-electron chi connectivity index (χ3n) is 5.46. The lowest BCUT2D eigenvalue weighted by atomic mass is 9.96. The molecule has 4 nitrogen and oxygen atoms in total. The molecule has 2 unspecified atom stereocenters. The Balaban J connectivity index is 1.97. The van der Waals surface area contributed by atoms with Crippen molar-refractivity contribution < 1.29 is 9.41 Å². The summed E-state index contributed by atoms with van der Waals surface area (Å²) in [5.41, 5.74) is 2.27. The molecule has 2 fully saturated rings. The number of quaternary nitrogens is 1. The van der Waals surface area contributed by atoms with E-state index in [9.17, 15) is 10.1 Å². The molecule has 2 atom stereocenters. The lowest BCUT2D eigenvalue weighted by Crippen LogP contribution is -2.55. The first-order valence-corrected chi connectivity index (χ1v) is 7.42. The second-order valence-electron chi connectivity index (χ2n) is 6.48. The molecule has 2 aliphatic heterocycles. The van der Waals surface area contributed by atoms with Gasteiger partial charge in [0.2, 0.25) is 0 Å². The minimum atomic E-state index is -0.230. The second kappa shape index (κ2) is 4.85. The molecule has 0 saturated carbocycles. The van der Waals surface area contributed by atoms with E-state index in [1.165, 1.54) is 12.8 Å². The van der Waals surface area contributed by atoms with E-state index in [1.54, 1.807) is 12.1 Å². The Labute approximate surface area is 120 Å². The van der Waals surface area contributed by atoms with Crippen molar-refractivity contribution in [1.29, 1.82) is 0 Å².